The lowest BCUT2D eigenvalue weighted by atomic mass is 9.98. The Kier molecular flexibility index (Phi) is 7.52. The Balaban J connectivity index is 1.65. The average Bonchev–Trinajstić information content (AvgIpc) is 2.56. The molecule has 2 heterocycles. The quantitative estimate of drug-likeness (QED) is 0.796. The smallest absolute Gasteiger partial charge is 0.232 e. The Labute approximate surface area is 138 Å². The van der Waals surface area contributed by atoms with Crippen LogP contribution in [0.1, 0.15) is 32.1 Å². The lowest BCUT2D eigenvalue weighted by Crippen LogP contribution is -2.43. The zero-order valence-electron chi connectivity index (χ0n) is 13.7. The number of hydrogen-bond donors (Lipinski definition) is 1. The highest BCUT2D eigenvalue weighted by Crippen LogP contribution is 2.17. The number of amides is 2. The van der Waals surface area contributed by atoms with E-state index in [1.807, 2.05) is 16.8 Å². The number of nitrogens with one attached hydrogen (secondary N) is 1. The van der Waals surface area contributed by atoms with Crippen LogP contribution in [0.5, 0.6) is 0 Å². The van der Waals surface area contributed by atoms with Crippen LogP contribution in [0.3, 0.4) is 0 Å². The Hall–Kier alpha value is -0.750. The predicted molar refractivity (Wildman–Crippen MR) is 91.0 cm³/mol. The maximum Gasteiger partial charge on any atom is 0.232 e. The Bertz CT molecular complexity index is 370. The number of rotatable bonds is 6. The van der Waals surface area contributed by atoms with Crippen molar-refractivity contribution >= 4 is 23.6 Å². The van der Waals surface area contributed by atoms with Gasteiger partial charge in [0.25, 0.3) is 0 Å². The van der Waals surface area contributed by atoms with Gasteiger partial charge in [-0.05, 0) is 51.6 Å². The fourth-order valence-electron chi connectivity index (χ4n) is 3.30. The summed E-state index contributed by atoms with van der Waals surface area (Å²) in [5, 5.41) is 3.20. The van der Waals surface area contributed by atoms with Gasteiger partial charge >= 0.3 is 0 Å². The van der Waals surface area contributed by atoms with E-state index < -0.39 is 0 Å². The third-order valence-electron chi connectivity index (χ3n) is 4.52. The Morgan fingerprint density at radius 1 is 1.00 bits per heavy atom. The number of likely N-dealkylation sites (tertiary alicyclic amines) is 2. The fraction of sp³-hybridized carbons (Fsp3) is 0.875. The number of carbonyl (C=O) groups excluding carboxylic acids is 2. The largest absolute Gasteiger partial charge is 0.342 e. The molecule has 2 amide bonds. The zero-order valence-corrected chi connectivity index (χ0v) is 14.5. The van der Waals surface area contributed by atoms with E-state index in [1.165, 1.54) is 24.6 Å². The molecule has 0 saturated carbocycles. The number of carbonyl (C=O) groups is 2. The molecule has 1 unspecified atom stereocenters. The van der Waals surface area contributed by atoms with Gasteiger partial charge in [-0.3, -0.25) is 9.59 Å². The predicted octanol–water partition coefficient (Wildman–Crippen LogP) is 1.19. The molecule has 0 aliphatic carbocycles. The van der Waals surface area contributed by atoms with Gasteiger partial charge in [0.05, 0.1) is 11.5 Å². The lowest BCUT2D eigenvalue weighted by molar-refractivity contribution is -0.130. The van der Waals surface area contributed by atoms with Crippen molar-refractivity contribution in [2.24, 2.45) is 5.92 Å². The first kappa shape index (κ1) is 17.6. The summed E-state index contributed by atoms with van der Waals surface area (Å²) in [7, 11) is 1.96. The zero-order chi connectivity index (χ0) is 15.8. The standard InChI is InChI=1S/C16H29N3O2S/c1-17-10-14-6-5-9-19(11-14)16(21)13-22-12-15(20)18-7-3-2-4-8-18/h14,17H,2-13H2,1H3. The highest BCUT2D eigenvalue weighted by molar-refractivity contribution is 8.00. The summed E-state index contributed by atoms with van der Waals surface area (Å²) in [5.74, 6) is 1.84. The second-order valence-corrected chi connectivity index (χ2v) is 7.33. The third kappa shape index (κ3) is 5.47. The lowest BCUT2D eigenvalue weighted by Gasteiger charge is -2.32. The van der Waals surface area contributed by atoms with Gasteiger partial charge in [-0.25, -0.2) is 0 Å². The molecule has 2 aliphatic heterocycles. The molecule has 6 heteroatoms. The van der Waals surface area contributed by atoms with Crippen molar-refractivity contribution in [2.45, 2.75) is 32.1 Å². The molecule has 126 valence electrons. The minimum Gasteiger partial charge on any atom is -0.342 e. The summed E-state index contributed by atoms with van der Waals surface area (Å²) in [5.41, 5.74) is 0. The van der Waals surface area contributed by atoms with E-state index in [0.717, 1.165) is 52.0 Å². The maximum absolute atomic E-state index is 12.3. The van der Waals surface area contributed by atoms with Crippen molar-refractivity contribution in [1.29, 1.82) is 0 Å². The van der Waals surface area contributed by atoms with Crippen molar-refractivity contribution in [3.05, 3.63) is 0 Å². The highest BCUT2D eigenvalue weighted by Gasteiger charge is 2.23. The van der Waals surface area contributed by atoms with Crippen molar-refractivity contribution < 1.29 is 9.59 Å². The molecular weight excluding hydrogens is 298 g/mol. The van der Waals surface area contributed by atoms with Gasteiger partial charge in [0.2, 0.25) is 11.8 Å². The summed E-state index contributed by atoms with van der Waals surface area (Å²) in [4.78, 5) is 28.3. The van der Waals surface area contributed by atoms with E-state index in [1.54, 1.807) is 0 Å². The molecule has 0 radical (unpaired) electrons. The molecule has 0 aromatic rings. The van der Waals surface area contributed by atoms with Crippen LogP contribution < -0.4 is 5.32 Å². The molecule has 1 atom stereocenters. The van der Waals surface area contributed by atoms with Gasteiger partial charge in [-0.2, -0.15) is 0 Å². The molecule has 5 nitrogen and oxygen atoms in total. The van der Waals surface area contributed by atoms with Crippen LogP contribution in [0.4, 0.5) is 0 Å². The van der Waals surface area contributed by atoms with Gasteiger partial charge in [0.15, 0.2) is 0 Å². The second kappa shape index (κ2) is 9.40. The van der Waals surface area contributed by atoms with Gasteiger partial charge < -0.3 is 15.1 Å². The van der Waals surface area contributed by atoms with Crippen LogP contribution in [0.2, 0.25) is 0 Å². The van der Waals surface area contributed by atoms with Gasteiger partial charge in [0, 0.05) is 26.2 Å². The van der Waals surface area contributed by atoms with Crippen LogP contribution in [0.15, 0.2) is 0 Å². The molecule has 22 heavy (non-hydrogen) atoms. The first-order valence-corrected chi connectivity index (χ1v) is 9.64. The number of piperidine rings is 2. The van der Waals surface area contributed by atoms with Gasteiger partial charge in [0.1, 0.15) is 0 Å². The van der Waals surface area contributed by atoms with Gasteiger partial charge in [-0.15, -0.1) is 11.8 Å². The monoisotopic (exact) mass is 327 g/mol. The molecule has 0 aromatic heterocycles. The van der Waals surface area contributed by atoms with Crippen molar-refractivity contribution in [2.75, 3.05) is 51.3 Å². The number of thioether (sulfide) groups is 1. The van der Waals surface area contributed by atoms with E-state index >= 15 is 0 Å². The molecular formula is C16H29N3O2S. The average molecular weight is 327 g/mol. The van der Waals surface area contributed by atoms with Crippen LogP contribution in [0.25, 0.3) is 0 Å². The molecule has 2 fully saturated rings. The van der Waals surface area contributed by atoms with Crippen LogP contribution in [0, 0.1) is 5.92 Å². The molecule has 0 spiro atoms. The van der Waals surface area contributed by atoms with E-state index in [2.05, 4.69) is 5.32 Å². The highest BCUT2D eigenvalue weighted by atomic mass is 32.2. The summed E-state index contributed by atoms with van der Waals surface area (Å²) < 4.78 is 0. The molecule has 2 aliphatic rings. The molecule has 0 aromatic carbocycles. The summed E-state index contributed by atoms with van der Waals surface area (Å²) >= 11 is 1.47. The minimum atomic E-state index is 0.192. The summed E-state index contributed by atoms with van der Waals surface area (Å²) in [6.07, 6.45) is 5.77. The topological polar surface area (TPSA) is 52.7 Å². The van der Waals surface area contributed by atoms with Gasteiger partial charge in [-0.1, -0.05) is 0 Å². The molecule has 2 saturated heterocycles. The number of hydrogen-bond acceptors (Lipinski definition) is 4. The first-order valence-electron chi connectivity index (χ1n) is 8.48. The SMILES string of the molecule is CNCC1CCCN(C(=O)CSCC(=O)N2CCCCC2)C1. The Morgan fingerprint density at radius 3 is 2.32 bits per heavy atom. The minimum absolute atomic E-state index is 0.192. The summed E-state index contributed by atoms with van der Waals surface area (Å²) in [6.45, 7) is 4.50. The van der Waals surface area contributed by atoms with Crippen molar-refractivity contribution in [3.8, 4) is 0 Å². The second-order valence-electron chi connectivity index (χ2n) is 6.34. The molecule has 1 N–H and O–H groups in total. The van der Waals surface area contributed by atoms with Crippen LogP contribution in [-0.2, 0) is 9.59 Å². The van der Waals surface area contributed by atoms with E-state index in [4.69, 9.17) is 0 Å². The van der Waals surface area contributed by atoms with E-state index in [9.17, 15) is 9.59 Å². The fourth-order valence-corrected chi connectivity index (χ4v) is 4.11. The van der Waals surface area contributed by atoms with E-state index in [0.29, 0.717) is 17.4 Å². The summed E-state index contributed by atoms with van der Waals surface area (Å²) in [6, 6.07) is 0. The van der Waals surface area contributed by atoms with Crippen LogP contribution >= 0.6 is 11.8 Å². The third-order valence-corrected chi connectivity index (χ3v) is 5.43. The maximum atomic E-state index is 12.3. The van der Waals surface area contributed by atoms with E-state index in [-0.39, 0.29) is 11.8 Å². The Morgan fingerprint density at radius 2 is 1.64 bits per heavy atom. The number of nitrogens with zero attached hydrogens (tertiary/aromatic N) is 2. The molecule has 2 rings (SSSR count). The first-order chi connectivity index (χ1) is 10.7. The van der Waals surface area contributed by atoms with Crippen LogP contribution in [-0.4, -0.2) is 72.9 Å². The van der Waals surface area contributed by atoms with Crippen molar-refractivity contribution in [3.63, 3.8) is 0 Å². The molecule has 0 bridgehead atoms. The van der Waals surface area contributed by atoms with Crippen molar-refractivity contribution in [1.82, 2.24) is 15.1 Å². The normalized spacial score (nSPS) is 22.7.